The number of carbonyl (C=O) groups excluding carboxylic acids is 3. The van der Waals surface area contributed by atoms with Crippen molar-refractivity contribution in [1.29, 1.82) is 0 Å². The third-order valence-corrected chi connectivity index (χ3v) is 8.65. The molecule has 0 aromatic heterocycles. The molecular weight excluding hydrogens is 560 g/mol. The Morgan fingerprint density at radius 2 is 1.02 bits per heavy atom. The van der Waals surface area contributed by atoms with Crippen molar-refractivity contribution in [2.45, 2.75) is 24.7 Å². The number of Topliss-reactive ketones (excluding diaryl/α,β-unsaturated/α-hetero) is 3. The van der Waals surface area contributed by atoms with Crippen LogP contribution in [0.25, 0.3) is 0 Å². The zero-order valence-electron chi connectivity index (χ0n) is 25.6. The molecule has 0 saturated heterocycles. The second kappa shape index (κ2) is 15.4. The zero-order chi connectivity index (χ0) is 30.9. The normalized spacial score (nSPS) is 22.5. The van der Waals surface area contributed by atoms with E-state index < -0.39 is 23.4 Å². The van der Waals surface area contributed by atoms with E-state index in [2.05, 4.69) is 9.80 Å². The van der Waals surface area contributed by atoms with Gasteiger partial charge in [0.1, 0.15) is 0 Å². The number of allylic oxidation sites excluding steroid dienone is 2. The molecule has 2 heterocycles. The molecule has 9 heteroatoms. The van der Waals surface area contributed by atoms with E-state index in [9.17, 15) is 14.4 Å². The molecule has 0 radical (unpaired) electrons. The molecule has 0 amide bonds. The molecule has 1 saturated carbocycles. The molecule has 2 aromatic rings. The Hall–Kier alpha value is -3.63. The van der Waals surface area contributed by atoms with Crippen molar-refractivity contribution in [3.05, 3.63) is 84.2 Å². The lowest BCUT2D eigenvalue weighted by Crippen LogP contribution is -2.28. The standard InChI is InChI=1S/C35H42N2O7/c1-41-19-21-43-17-15-36-13-11-25(27-7-3-5-9-31(27)36)23-29-33(38)30(35(40)34(29)39)24-26-12-14-37(16-18-44-22-20-42-2)32-10-6-4-8-28(26)32/h3-14,25-26,29-30H,15-24H2,1-2H3. The Bertz CT molecular complexity index is 1270. The quantitative estimate of drug-likeness (QED) is 0.159. The van der Waals surface area contributed by atoms with Crippen molar-refractivity contribution in [3.8, 4) is 0 Å². The number of methoxy groups -OCH3 is 2. The van der Waals surface area contributed by atoms with Gasteiger partial charge in [0.15, 0.2) is 5.78 Å². The van der Waals surface area contributed by atoms with E-state index in [4.69, 9.17) is 18.9 Å². The van der Waals surface area contributed by atoms with Gasteiger partial charge >= 0.3 is 0 Å². The minimum absolute atomic E-state index is 0.142. The Kier molecular flexibility index (Phi) is 11.1. The van der Waals surface area contributed by atoms with Crippen LogP contribution in [-0.4, -0.2) is 84.3 Å². The molecule has 9 nitrogen and oxygen atoms in total. The van der Waals surface area contributed by atoms with E-state index in [1.54, 1.807) is 14.2 Å². The number of para-hydroxylation sites is 2. The van der Waals surface area contributed by atoms with Crippen molar-refractivity contribution in [3.63, 3.8) is 0 Å². The Morgan fingerprint density at radius 1 is 0.591 bits per heavy atom. The summed E-state index contributed by atoms with van der Waals surface area (Å²) >= 11 is 0. The van der Waals surface area contributed by atoms with Crippen LogP contribution < -0.4 is 9.80 Å². The summed E-state index contributed by atoms with van der Waals surface area (Å²) < 4.78 is 21.4. The van der Waals surface area contributed by atoms with Gasteiger partial charge < -0.3 is 28.7 Å². The summed E-state index contributed by atoms with van der Waals surface area (Å²) in [5.74, 6) is -3.50. The molecule has 3 aliphatic rings. The molecule has 2 aliphatic heterocycles. The highest BCUT2D eigenvalue weighted by atomic mass is 16.5. The predicted octanol–water partition coefficient (Wildman–Crippen LogP) is 4.28. The molecular formula is C35H42N2O7. The molecule has 0 bridgehead atoms. The Morgan fingerprint density at radius 3 is 1.45 bits per heavy atom. The fourth-order valence-corrected chi connectivity index (χ4v) is 6.32. The second-order valence-electron chi connectivity index (χ2n) is 11.3. The molecule has 1 fully saturated rings. The smallest absolute Gasteiger partial charge is 0.209 e. The van der Waals surface area contributed by atoms with Gasteiger partial charge in [0, 0.05) is 62.9 Å². The van der Waals surface area contributed by atoms with Crippen molar-refractivity contribution < 1.29 is 33.3 Å². The summed E-state index contributed by atoms with van der Waals surface area (Å²) in [5, 5.41) is 0. The number of hydrogen-bond donors (Lipinski definition) is 0. The number of rotatable bonds is 16. The maximum atomic E-state index is 13.7. The molecule has 2 aromatic carbocycles. The van der Waals surface area contributed by atoms with E-state index >= 15 is 0 Å². The van der Waals surface area contributed by atoms with E-state index in [1.807, 2.05) is 73.1 Å². The summed E-state index contributed by atoms with van der Waals surface area (Å²) in [5.41, 5.74) is 4.13. The highest BCUT2D eigenvalue weighted by Gasteiger charge is 2.50. The van der Waals surface area contributed by atoms with Gasteiger partial charge in [-0.1, -0.05) is 48.6 Å². The van der Waals surface area contributed by atoms with Gasteiger partial charge in [-0.3, -0.25) is 14.4 Å². The fourth-order valence-electron chi connectivity index (χ4n) is 6.32. The van der Waals surface area contributed by atoms with Gasteiger partial charge in [0.05, 0.1) is 51.5 Å². The fraction of sp³-hybridized carbons (Fsp3) is 0.457. The number of ether oxygens (including phenoxy) is 4. The number of ketones is 3. The van der Waals surface area contributed by atoms with Crippen LogP contribution in [-0.2, 0) is 33.3 Å². The summed E-state index contributed by atoms with van der Waals surface area (Å²) in [7, 11) is 3.29. The monoisotopic (exact) mass is 602 g/mol. The largest absolute Gasteiger partial charge is 0.382 e. The maximum Gasteiger partial charge on any atom is 0.209 e. The maximum absolute atomic E-state index is 13.7. The van der Waals surface area contributed by atoms with Gasteiger partial charge in [-0.05, 0) is 36.1 Å². The highest BCUT2D eigenvalue weighted by molar-refractivity contribution is 6.51. The third-order valence-electron chi connectivity index (χ3n) is 8.65. The minimum atomic E-state index is -0.928. The molecule has 4 unspecified atom stereocenters. The van der Waals surface area contributed by atoms with Gasteiger partial charge in [-0.15, -0.1) is 0 Å². The number of hydrogen-bond acceptors (Lipinski definition) is 9. The number of fused-ring (bicyclic) bond motifs is 2. The van der Waals surface area contributed by atoms with E-state index in [-0.39, 0.29) is 17.6 Å². The molecule has 1 aliphatic carbocycles. The highest BCUT2D eigenvalue weighted by Crippen LogP contribution is 2.42. The average Bonchev–Trinajstić information content (AvgIpc) is 3.24. The zero-order valence-corrected chi connectivity index (χ0v) is 25.6. The molecule has 4 atom stereocenters. The molecule has 0 N–H and O–H groups in total. The molecule has 0 spiro atoms. The van der Waals surface area contributed by atoms with E-state index in [1.165, 1.54) is 0 Å². The lowest BCUT2D eigenvalue weighted by Gasteiger charge is -2.32. The topological polar surface area (TPSA) is 94.6 Å². The second-order valence-corrected chi connectivity index (χ2v) is 11.3. The van der Waals surface area contributed by atoms with Crippen molar-refractivity contribution in [2.75, 3.05) is 76.8 Å². The van der Waals surface area contributed by atoms with Gasteiger partial charge in [0.2, 0.25) is 11.6 Å². The summed E-state index contributed by atoms with van der Waals surface area (Å²) in [6.45, 7) is 4.58. The molecule has 234 valence electrons. The number of benzene rings is 2. The summed E-state index contributed by atoms with van der Waals surface area (Å²) in [4.78, 5) is 44.5. The van der Waals surface area contributed by atoms with Crippen molar-refractivity contribution >= 4 is 28.7 Å². The molecule has 5 rings (SSSR count). The van der Waals surface area contributed by atoms with Crippen LogP contribution in [0.4, 0.5) is 11.4 Å². The first-order valence-electron chi connectivity index (χ1n) is 15.4. The number of nitrogens with zero attached hydrogens (tertiary/aromatic N) is 2. The first kappa shape index (κ1) is 31.8. The van der Waals surface area contributed by atoms with Crippen LogP contribution in [0.5, 0.6) is 0 Å². The first-order valence-corrected chi connectivity index (χ1v) is 15.4. The Balaban J connectivity index is 1.24. The van der Waals surface area contributed by atoms with Gasteiger partial charge in [0.25, 0.3) is 0 Å². The van der Waals surface area contributed by atoms with E-state index in [0.717, 1.165) is 22.5 Å². The minimum Gasteiger partial charge on any atom is -0.382 e. The lowest BCUT2D eigenvalue weighted by molar-refractivity contribution is -0.137. The predicted molar refractivity (Wildman–Crippen MR) is 168 cm³/mol. The van der Waals surface area contributed by atoms with Crippen molar-refractivity contribution in [2.24, 2.45) is 11.8 Å². The number of carbonyl (C=O) groups is 3. The Labute approximate surface area is 259 Å². The van der Waals surface area contributed by atoms with Crippen LogP contribution in [0.2, 0.25) is 0 Å². The van der Waals surface area contributed by atoms with E-state index in [0.29, 0.717) is 65.6 Å². The SMILES string of the molecule is COCCOCCN1C=CC(CC2C(=O)C(=O)C(CC3C=CN(CCOCCOC)c4ccccc43)C2=O)c2ccccc21. The van der Waals surface area contributed by atoms with Crippen molar-refractivity contribution in [1.82, 2.24) is 0 Å². The van der Waals surface area contributed by atoms with Crippen LogP contribution >= 0.6 is 0 Å². The summed E-state index contributed by atoms with van der Waals surface area (Å²) in [6.07, 6.45) is 8.63. The lowest BCUT2D eigenvalue weighted by atomic mass is 9.82. The van der Waals surface area contributed by atoms with Gasteiger partial charge in [-0.2, -0.15) is 0 Å². The average molecular weight is 603 g/mol. The molecule has 44 heavy (non-hydrogen) atoms. The number of anilines is 2. The van der Waals surface area contributed by atoms with Crippen LogP contribution in [0.15, 0.2) is 73.1 Å². The third kappa shape index (κ3) is 7.18. The van der Waals surface area contributed by atoms with Crippen LogP contribution in [0.3, 0.4) is 0 Å². The first-order chi connectivity index (χ1) is 21.5. The van der Waals surface area contributed by atoms with Crippen LogP contribution in [0, 0.1) is 11.8 Å². The van der Waals surface area contributed by atoms with Gasteiger partial charge in [-0.25, -0.2) is 0 Å². The van der Waals surface area contributed by atoms with Crippen LogP contribution in [0.1, 0.15) is 35.8 Å². The summed E-state index contributed by atoms with van der Waals surface area (Å²) in [6, 6.07) is 16.0.